The summed E-state index contributed by atoms with van der Waals surface area (Å²) in [6, 6.07) is 14.3. The number of methoxy groups -OCH3 is 2. The largest absolute Gasteiger partial charge is 0.493 e. The summed E-state index contributed by atoms with van der Waals surface area (Å²) in [6.07, 6.45) is 2.36. The van der Waals surface area contributed by atoms with Gasteiger partial charge in [-0.15, -0.1) is 0 Å². The summed E-state index contributed by atoms with van der Waals surface area (Å²) in [5, 5.41) is 0. The number of carbonyl (C=O) groups is 2. The molecule has 24 heavy (non-hydrogen) atoms. The number of carbonyl (C=O) groups excluding carboxylic acids is 2. The Labute approximate surface area is 140 Å². The highest BCUT2D eigenvalue weighted by Gasteiger charge is 2.15. The first-order valence-corrected chi connectivity index (χ1v) is 7.28. The summed E-state index contributed by atoms with van der Waals surface area (Å²) in [4.78, 5) is 23.2. The van der Waals surface area contributed by atoms with Crippen LogP contribution in [-0.2, 0) is 9.53 Å². The van der Waals surface area contributed by atoms with Crippen molar-refractivity contribution in [3.63, 3.8) is 0 Å². The second kappa shape index (κ2) is 8.53. The van der Waals surface area contributed by atoms with Gasteiger partial charge in [-0.25, -0.2) is 4.79 Å². The third-order valence-electron chi connectivity index (χ3n) is 3.32. The van der Waals surface area contributed by atoms with Gasteiger partial charge in [-0.3, -0.25) is 4.79 Å². The third kappa shape index (κ3) is 4.23. The standard InChI is InChI=1S/C19H18O5/c1-22-17-10-6-9-15(12-20)18(17)24-13-16(19(21)23-2)11-14-7-4-3-5-8-14/h3-12H,13H2,1-2H3/b16-11+. The van der Waals surface area contributed by atoms with Gasteiger partial charge < -0.3 is 14.2 Å². The molecular weight excluding hydrogens is 308 g/mol. The second-order valence-corrected chi connectivity index (χ2v) is 4.86. The van der Waals surface area contributed by atoms with E-state index in [2.05, 4.69) is 0 Å². The van der Waals surface area contributed by atoms with Crippen LogP contribution in [0, 0.1) is 0 Å². The smallest absolute Gasteiger partial charge is 0.337 e. The van der Waals surface area contributed by atoms with Crippen LogP contribution in [0.15, 0.2) is 54.1 Å². The van der Waals surface area contributed by atoms with Gasteiger partial charge in [0, 0.05) is 0 Å². The molecule has 0 amide bonds. The number of rotatable bonds is 7. The zero-order valence-electron chi connectivity index (χ0n) is 13.5. The Hall–Kier alpha value is -3.08. The molecule has 2 rings (SSSR count). The highest BCUT2D eigenvalue weighted by molar-refractivity contribution is 5.94. The molecule has 0 heterocycles. The fraction of sp³-hybridized carbons (Fsp3) is 0.158. The van der Waals surface area contributed by atoms with Gasteiger partial charge >= 0.3 is 5.97 Å². The first-order chi connectivity index (χ1) is 11.7. The van der Waals surface area contributed by atoms with Gasteiger partial charge in [0.25, 0.3) is 0 Å². The molecule has 0 aliphatic carbocycles. The summed E-state index contributed by atoms with van der Waals surface area (Å²) in [5.41, 5.74) is 1.52. The average Bonchev–Trinajstić information content (AvgIpc) is 2.64. The van der Waals surface area contributed by atoms with Gasteiger partial charge in [-0.05, 0) is 23.8 Å². The molecule has 0 saturated heterocycles. The highest BCUT2D eigenvalue weighted by atomic mass is 16.5. The molecule has 2 aromatic carbocycles. The number of ether oxygens (including phenoxy) is 3. The van der Waals surface area contributed by atoms with Crippen molar-refractivity contribution in [2.24, 2.45) is 0 Å². The Kier molecular flexibility index (Phi) is 6.14. The number of para-hydroxylation sites is 1. The molecule has 5 heteroatoms. The molecule has 0 fully saturated rings. The lowest BCUT2D eigenvalue weighted by molar-refractivity contribution is -0.136. The molecule has 0 aliphatic heterocycles. The van der Waals surface area contributed by atoms with Crippen LogP contribution in [0.4, 0.5) is 0 Å². The maximum Gasteiger partial charge on any atom is 0.337 e. The minimum atomic E-state index is -0.499. The molecular formula is C19H18O5. The summed E-state index contributed by atoms with van der Waals surface area (Å²) in [5.74, 6) is 0.211. The van der Waals surface area contributed by atoms with Crippen LogP contribution in [0.25, 0.3) is 6.08 Å². The van der Waals surface area contributed by atoms with Crippen LogP contribution in [0.2, 0.25) is 0 Å². The van der Waals surface area contributed by atoms with E-state index in [1.807, 2.05) is 30.3 Å². The van der Waals surface area contributed by atoms with Crippen molar-refractivity contribution in [3.05, 3.63) is 65.2 Å². The first-order valence-electron chi connectivity index (χ1n) is 7.28. The first kappa shape index (κ1) is 17.3. The lowest BCUT2D eigenvalue weighted by Gasteiger charge is -2.13. The van der Waals surface area contributed by atoms with Gasteiger partial charge in [0.1, 0.15) is 6.61 Å². The number of hydrogen-bond donors (Lipinski definition) is 0. The predicted octanol–water partition coefficient (Wildman–Crippen LogP) is 3.14. The lowest BCUT2D eigenvalue weighted by Crippen LogP contribution is -2.13. The van der Waals surface area contributed by atoms with E-state index in [9.17, 15) is 9.59 Å². The van der Waals surface area contributed by atoms with Crippen LogP contribution in [0.5, 0.6) is 11.5 Å². The maximum absolute atomic E-state index is 12.0. The van der Waals surface area contributed by atoms with Gasteiger partial charge in [-0.1, -0.05) is 36.4 Å². The van der Waals surface area contributed by atoms with Crippen LogP contribution >= 0.6 is 0 Å². The van der Waals surface area contributed by atoms with Gasteiger partial charge in [-0.2, -0.15) is 0 Å². The fourth-order valence-electron chi connectivity index (χ4n) is 2.13. The summed E-state index contributed by atoms with van der Waals surface area (Å²) < 4.78 is 15.7. The molecule has 5 nitrogen and oxygen atoms in total. The van der Waals surface area contributed by atoms with Crippen LogP contribution in [0.1, 0.15) is 15.9 Å². The molecule has 0 aliphatic rings. The van der Waals surface area contributed by atoms with Crippen molar-refractivity contribution in [2.75, 3.05) is 20.8 Å². The van der Waals surface area contributed by atoms with E-state index in [0.29, 0.717) is 23.2 Å². The van der Waals surface area contributed by atoms with E-state index in [0.717, 1.165) is 5.56 Å². The number of aldehydes is 1. The average molecular weight is 326 g/mol. The molecule has 0 unspecified atom stereocenters. The minimum Gasteiger partial charge on any atom is -0.493 e. The Bertz CT molecular complexity index is 735. The van der Waals surface area contributed by atoms with Crippen LogP contribution in [0.3, 0.4) is 0 Å². The highest BCUT2D eigenvalue weighted by Crippen LogP contribution is 2.30. The van der Waals surface area contributed by atoms with Crippen LogP contribution in [-0.4, -0.2) is 33.1 Å². The second-order valence-electron chi connectivity index (χ2n) is 4.86. The minimum absolute atomic E-state index is 0.0528. The van der Waals surface area contributed by atoms with E-state index in [1.54, 1.807) is 24.3 Å². The van der Waals surface area contributed by atoms with Crippen LogP contribution < -0.4 is 9.47 Å². The molecule has 124 valence electrons. The molecule has 0 atom stereocenters. The van der Waals surface area contributed by atoms with Gasteiger partial charge in [0.05, 0.1) is 25.4 Å². The zero-order valence-corrected chi connectivity index (χ0v) is 13.5. The quantitative estimate of drug-likeness (QED) is 0.444. The molecule has 0 bridgehead atoms. The zero-order chi connectivity index (χ0) is 17.4. The van der Waals surface area contributed by atoms with E-state index in [4.69, 9.17) is 14.2 Å². The van der Waals surface area contributed by atoms with Crippen molar-refractivity contribution in [1.82, 2.24) is 0 Å². The molecule has 0 spiro atoms. The molecule has 0 radical (unpaired) electrons. The molecule has 2 aromatic rings. The third-order valence-corrected chi connectivity index (χ3v) is 3.32. The molecule has 0 aromatic heterocycles. The van der Waals surface area contributed by atoms with Crippen molar-refractivity contribution in [2.45, 2.75) is 0 Å². The Morgan fingerprint density at radius 1 is 1.04 bits per heavy atom. The Morgan fingerprint density at radius 2 is 1.79 bits per heavy atom. The monoisotopic (exact) mass is 326 g/mol. The number of esters is 1. The lowest BCUT2D eigenvalue weighted by atomic mass is 10.1. The SMILES string of the molecule is COC(=O)/C(=C/c1ccccc1)COc1c(C=O)cccc1OC. The summed E-state index contributed by atoms with van der Waals surface area (Å²) >= 11 is 0. The van der Waals surface area contributed by atoms with E-state index in [1.165, 1.54) is 14.2 Å². The Morgan fingerprint density at radius 3 is 2.42 bits per heavy atom. The topological polar surface area (TPSA) is 61.8 Å². The molecule has 0 N–H and O–H groups in total. The predicted molar refractivity (Wildman–Crippen MR) is 90.3 cm³/mol. The van der Waals surface area contributed by atoms with Gasteiger partial charge in [0.2, 0.25) is 0 Å². The fourth-order valence-corrected chi connectivity index (χ4v) is 2.13. The van der Waals surface area contributed by atoms with Gasteiger partial charge in [0.15, 0.2) is 17.8 Å². The molecule has 0 saturated carbocycles. The van der Waals surface area contributed by atoms with E-state index in [-0.39, 0.29) is 12.4 Å². The Balaban J connectivity index is 2.28. The number of hydrogen-bond acceptors (Lipinski definition) is 5. The summed E-state index contributed by atoms with van der Waals surface area (Å²) in [6.45, 7) is -0.0528. The van der Waals surface area contributed by atoms with Crippen molar-refractivity contribution in [3.8, 4) is 11.5 Å². The normalized spacial score (nSPS) is 10.8. The number of benzene rings is 2. The van der Waals surface area contributed by atoms with Crippen molar-refractivity contribution >= 4 is 18.3 Å². The van der Waals surface area contributed by atoms with E-state index >= 15 is 0 Å². The summed E-state index contributed by atoms with van der Waals surface area (Å²) in [7, 11) is 2.79. The van der Waals surface area contributed by atoms with Crippen molar-refractivity contribution < 1.29 is 23.8 Å². The van der Waals surface area contributed by atoms with E-state index < -0.39 is 5.97 Å². The van der Waals surface area contributed by atoms with Crippen molar-refractivity contribution in [1.29, 1.82) is 0 Å². The maximum atomic E-state index is 12.0.